The Hall–Kier alpha value is -2.33. The van der Waals surface area contributed by atoms with Gasteiger partial charge in [-0.2, -0.15) is 0 Å². The van der Waals surface area contributed by atoms with Crippen molar-refractivity contribution in [2.75, 3.05) is 16.8 Å². The van der Waals surface area contributed by atoms with E-state index in [2.05, 4.69) is 24.4 Å². The molecule has 1 aliphatic rings. The number of nitrogens with zero attached hydrogens (tertiary/aromatic N) is 1. The Balaban J connectivity index is 1.72. The standard InChI is InChI=1S/C19H23N3O/c1-14-5-10-19(23)22(14)18-8-6-16(7-9-18)21-17-4-2-3-15(13-17)11-12-20/h2-4,6-9,13-14,21H,5,10-12,20H2,1H3. The molecule has 4 nitrogen and oxygen atoms in total. The molecule has 0 saturated carbocycles. The summed E-state index contributed by atoms with van der Waals surface area (Å²) in [5.41, 5.74) is 9.87. The van der Waals surface area contributed by atoms with Gasteiger partial charge >= 0.3 is 0 Å². The maximum absolute atomic E-state index is 12.0. The second-order valence-corrected chi connectivity index (χ2v) is 6.06. The molecule has 1 saturated heterocycles. The van der Waals surface area contributed by atoms with Crippen molar-refractivity contribution >= 4 is 23.0 Å². The van der Waals surface area contributed by atoms with Crippen molar-refractivity contribution < 1.29 is 4.79 Å². The average Bonchev–Trinajstić information content (AvgIpc) is 2.88. The number of nitrogens with two attached hydrogens (primary N) is 1. The summed E-state index contributed by atoms with van der Waals surface area (Å²) in [5, 5.41) is 3.40. The van der Waals surface area contributed by atoms with E-state index in [4.69, 9.17) is 5.73 Å². The second-order valence-electron chi connectivity index (χ2n) is 6.06. The number of anilines is 3. The van der Waals surface area contributed by atoms with Gasteiger partial charge in [0.15, 0.2) is 0 Å². The Morgan fingerprint density at radius 3 is 2.61 bits per heavy atom. The summed E-state index contributed by atoms with van der Waals surface area (Å²) < 4.78 is 0. The van der Waals surface area contributed by atoms with Crippen molar-refractivity contribution in [3.05, 3.63) is 54.1 Å². The monoisotopic (exact) mass is 309 g/mol. The summed E-state index contributed by atoms with van der Waals surface area (Å²) in [6.07, 6.45) is 2.46. The predicted octanol–water partition coefficient (Wildman–Crippen LogP) is 3.45. The maximum atomic E-state index is 12.0. The van der Waals surface area contributed by atoms with Gasteiger partial charge < -0.3 is 16.0 Å². The Morgan fingerprint density at radius 2 is 1.96 bits per heavy atom. The molecule has 1 amide bonds. The third-order valence-corrected chi connectivity index (χ3v) is 4.28. The van der Waals surface area contributed by atoms with Gasteiger partial charge in [-0.25, -0.2) is 0 Å². The van der Waals surface area contributed by atoms with Crippen LogP contribution in [0.3, 0.4) is 0 Å². The molecule has 0 spiro atoms. The van der Waals surface area contributed by atoms with E-state index in [0.717, 1.165) is 29.9 Å². The number of carbonyl (C=O) groups is 1. The highest BCUT2D eigenvalue weighted by molar-refractivity contribution is 5.96. The van der Waals surface area contributed by atoms with Gasteiger partial charge in [-0.1, -0.05) is 12.1 Å². The second kappa shape index (κ2) is 6.84. The van der Waals surface area contributed by atoms with Gasteiger partial charge in [-0.3, -0.25) is 4.79 Å². The van der Waals surface area contributed by atoms with E-state index in [9.17, 15) is 4.79 Å². The van der Waals surface area contributed by atoms with E-state index in [1.807, 2.05) is 41.3 Å². The summed E-state index contributed by atoms with van der Waals surface area (Å²) in [6.45, 7) is 2.75. The highest BCUT2D eigenvalue weighted by Crippen LogP contribution is 2.28. The van der Waals surface area contributed by atoms with Crippen LogP contribution in [0.4, 0.5) is 17.1 Å². The average molecular weight is 309 g/mol. The summed E-state index contributed by atoms with van der Waals surface area (Å²) >= 11 is 0. The van der Waals surface area contributed by atoms with E-state index in [-0.39, 0.29) is 11.9 Å². The van der Waals surface area contributed by atoms with Gasteiger partial charge in [0.25, 0.3) is 0 Å². The van der Waals surface area contributed by atoms with Gasteiger partial charge in [-0.05, 0) is 68.3 Å². The molecule has 23 heavy (non-hydrogen) atoms. The Kier molecular flexibility index (Phi) is 4.63. The minimum absolute atomic E-state index is 0.215. The number of hydrogen-bond donors (Lipinski definition) is 2. The fraction of sp³-hybridized carbons (Fsp3) is 0.316. The molecule has 1 aliphatic heterocycles. The number of rotatable bonds is 5. The first-order valence-corrected chi connectivity index (χ1v) is 8.15. The molecule has 1 unspecified atom stereocenters. The van der Waals surface area contributed by atoms with Crippen molar-refractivity contribution in [2.24, 2.45) is 5.73 Å². The lowest BCUT2D eigenvalue weighted by atomic mass is 10.1. The molecule has 0 aliphatic carbocycles. The SMILES string of the molecule is CC1CCC(=O)N1c1ccc(Nc2cccc(CCN)c2)cc1. The molecule has 0 aromatic heterocycles. The number of nitrogens with one attached hydrogen (secondary N) is 1. The lowest BCUT2D eigenvalue weighted by Gasteiger charge is -2.22. The molecule has 1 atom stereocenters. The zero-order valence-corrected chi connectivity index (χ0v) is 13.5. The molecule has 3 rings (SSSR count). The van der Waals surface area contributed by atoms with Crippen LogP contribution in [0.25, 0.3) is 0 Å². The molecule has 0 bridgehead atoms. The van der Waals surface area contributed by atoms with Crippen molar-refractivity contribution in [1.82, 2.24) is 0 Å². The van der Waals surface area contributed by atoms with Crippen LogP contribution in [0.2, 0.25) is 0 Å². The van der Waals surface area contributed by atoms with Gasteiger partial charge in [-0.15, -0.1) is 0 Å². The molecule has 2 aromatic carbocycles. The van der Waals surface area contributed by atoms with E-state index in [1.54, 1.807) is 0 Å². The van der Waals surface area contributed by atoms with Crippen molar-refractivity contribution in [1.29, 1.82) is 0 Å². The van der Waals surface area contributed by atoms with Gasteiger partial charge in [0.1, 0.15) is 0 Å². The Morgan fingerprint density at radius 1 is 1.17 bits per heavy atom. The molecular weight excluding hydrogens is 286 g/mol. The first kappa shape index (κ1) is 15.6. The zero-order valence-electron chi connectivity index (χ0n) is 13.5. The molecule has 2 aromatic rings. The highest BCUT2D eigenvalue weighted by atomic mass is 16.2. The van der Waals surface area contributed by atoms with Gasteiger partial charge in [0, 0.05) is 29.5 Å². The largest absolute Gasteiger partial charge is 0.356 e. The number of hydrogen-bond acceptors (Lipinski definition) is 3. The minimum atomic E-state index is 0.215. The fourth-order valence-electron chi connectivity index (χ4n) is 3.07. The normalized spacial score (nSPS) is 17.6. The summed E-state index contributed by atoms with van der Waals surface area (Å²) in [6, 6.07) is 16.6. The summed E-state index contributed by atoms with van der Waals surface area (Å²) in [5.74, 6) is 0.215. The van der Waals surface area contributed by atoms with Crippen LogP contribution in [0.1, 0.15) is 25.3 Å². The molecule has 0 radical (unpaired) electrons. The van der Waals surface area contributed by atoms with E-state index in [0.29, 0.717) is 13.0 Å². The summed E-state index contributed by atoms with van der Waals surface area (Å²) in [7, 11) is 0. The Bertz CT molecular complexity index is 681. The third-order valence-electron chi connectivity index (χ3n) is 4.28. The van der Waals surface area contributed by atoms with Crippen LogP contribution >= 0.6 is 0 Å². The first-order chi connectivity index (χ1) is 11.2. The predicted molar refractivity (Wildman–Crippen MR) is 95.1 cm³/mol. The quantitative estimate of drug-likeness (QED) is 0.889. The van der Waals surface area contributed by atoms with E-state index in [1.165, 1.54) is 5.56 Å². The maximum Gasteiger partial charge on any atom is 0.227 e. The molecule has 4 heteroatoms. The van der Waals surface area contributed by atoms with Crippen molar-refractivity contribution in [3.63, 3.8) is 0 Å². The van der Waals surface area contributed by atoms with Gasteiger partial charge in [0.2, 0.25) is 5.91 Å². The smallest absolute Gasteiger partial charge is 0.227 e. The lowest BCUT2D eigenvalue weighted by molar-refractivity contribution is -0.117. The van der Waals surface area contributed by atoms with Gasteiger partial charge in [0.05, 0.1) is 0 Å². The molecule has 1 fully saturated rings. The third kappa shape index (κ3) is 3.54. The highest BCUT2D eigenvalue weighted by Gasteiger charge is 2.28. The molecular formula is C19H23N3O. The van der Waals surface area contributed by atoms with Crippen LogP contribution < -0.4 is 16.0 Å². The minimum Gasteiger partial charge on any atom is -0.356 e. The molecule has 120 valence electrons. The van der Waals surface area contributed by atoms with Crippen molar-refractivity contribution in [2.45, 2.75) is 32.2 Å². The van der Waals surface area contributed by atoms with Crippen molar-refractivity contribution in [3.8, 4) is 0 Å². The van der Waals surface area contributed by atoms with E-state index < -0.39 is 0 Å². The number of carbonyl (C=O) groups excluding carboxylic acids is 1. The van der Waals surface area contributed by atoms with E-state index >= 15 is 0 Å². The van der Waals surface area contributed by atoms with Crippen LogP contribution in [-0.4, -0.2) is 18.5 Å². The topological polar surface area (TPSA) is 58.4 Å². The molecule has 1 heterocycles. The van der Waals surface area contributed by atoms with Crippen LogP contribution in [0.15, 0.2) is 48.5 Å². The fourth-order valence-corrected chi connectivity index (χ4v) is 3.07. The first-order valence-electron chi connectivity index (χ1n) is 8.15. The number of amides is 1. The number of benzene rings is 2. The Labute approximate surface area is 137 Å². The van der Waals surface area contributed by atoms with Crippen LogP contribution in [-0.2, 0) is 11.2 Å². The zero-order chi connectivity index (χ0) is 16.2. The summed E-state index contributed by atoms with van der Waals surface area (Å²) in [4.78, 5) is 13.9. The van der Waals surface area contributed by atoms with Crippen LogP contribution in [0.5, 0.6) is 0 Å². The van der Waals surface area contributed by atoms with Crippen LogP contribution in [0, 0.1) is 0 Å². The lowest BCUT2D eigenvalue weighted by Crippen LogP contribution is -2.30. The molecule has 3 N–H and O–H groups in total.